The fourth-order valence-electron chi connectivity index (χ4n) is 0.159. The van der Waals surface area contributed by atoms with Crippen LogP contribution in [-0.2, 0) is 13.4 Å². The van der Waals surface area contributed by atoms with E-state index in [4.69, 9.17) is 14.9 Å². The van der Waals surface area contributed by atoms with E-state index in [0.29, 0.717) is 0 Å². The monoisotopic (exact) mass is 188 g/mol. The van der Waals surface area contributed by atoms with Gasteiger partial charge in [-0.3, -0.25) is 9.13 Å². The summed E-state index contributed by atoms with van der Waals surface area (Å²) in [5.41, 5.74) is -1.15. The highest BCUT2D eigenvalue weighted by atomic mass is 31.2. The molecule has 0 saturated heterocycles. The van der Waals surface area contributed by atoms with E-state index in [1.54, 1.807) is 0 Å². The molecule has 0 spiro atoms. The molecule has 0 saturated carbocycles. The minimum Gasteiger partial charge on any atom is -0.502 e. The maximum Gasteiger partial charge on any atom is 0.399 e. The van der Waals surface area contributed by atoms with E-state index in [9.17, 15) is 9.13 Å². The van der Waals surface area contributed by atoms with Crippen LogP contribution in [0.2, 0.25) is 0 Å². The first kappa shape index (κ1) is 9.88. The second-order valence-corrected chi connectivity index (χ2v) is 4.11. The van der Waals surface area contributed by atoms with Crippen molar-refractivity contribution >= 4 is 15.9 Å². The minimum absolute atomic E-state index is 1.15. The number of rotatable bonds is 3. The maximum atomic E-state index is 10.4. The van der Waals surface area contributed by atoms with Crippen LogP contribution in [0.15, 0.2) is 12.1 Å². The third-order valence-corrected chi connectivity index (χ3v) is 2.80. The minimum atomic E-state index is -4.48. The predicted molar refractivity (Wildman–Crippen MR) is 33.9 cm³/mol. The average Bonchev–Trinajstić information content (AvgIpc) is 1.60. The van der Waals surface area contributed by atoms with Gasteiger partial charge in [-0.15, -0.1) is 0 Å². The van der Waals surface area contributed by atoms with Crippen molar-refractivity contribution in [3.63, 3.8) is 0 Å². The third kappa shape index (κ3) is 3.15. The molecular formula is C2H6O6P2. The van der Waals surface area contributed by atoms with Gasteiger partial charge in [0, 0.05) is 0 Å². The number of hydrogen-bond donors (Lipinski definition) is 3. The van der Waals surface area contributed by atoms with Crippen LogP contribution < -0.4 is 0 Å². The van der Waals surface area contributed by atoms with Crippen molar-refractivity contribution in [1.29, 1.82) is 0 Å². The van der Waals surface area contributed by atoms with Crippen molar-refractivity contribution in [3.8, 4) is 0 Å². The zero-order valence-electron chi connectivity index (χ0n) is 4.72. The molecule has 0 heterocycles. The van der Waals surface area contributed by atoms with E-state index >= 15 is 0 Å². The average molecular weight is 188 g/mol. The molecule has 0 aliphatic carbocycles. The molecule has 3 N–H and O–H groups in total. The lowest BCUT2D eigenvalue weighted by molar-refractivity contribution is 0.327. The van der Waals surface area contributed by atoms with Gasteiger partial charge in [0.05, 0.1) is 0 Å². The lowest BCUT2D eigenvalue weighted by Crippen LogP contribution is -1.83. The lowest BCUT2D eigenvalue weighted by Gasteiger charge is -2.05. The van der Waals surface area contributed by atoms with E-state index in [2.05, 4.69) is 10.9 Å². The van der Waals surface area contributed by atoms with Gasteiger partial charge in [-0.05, 0) is 6.58 Å². The van der Waals surface area contributed by atoms with Crippen LogP contribution >= 0.6 is 15.9 Å². The SMILES string of the molecule is C=C(O)P(=O)(O)O[PH](=O)O. The Labute approximate surface area is 57.3 Å². The summed E-state index contributed by atoms with van der Waals surface area (Å²) in [4.78, 5) is 16.4. The Morgan fingerprint density at radius 3 is 2.20 bits per heavy atom. The van der Waals surface area contributed by atoms with Crippen molar-refractivity contribution in [2.45, 2.75) is 0 Å². The van der Waals surface area contributed by atoms with Crippen molar-refractivity contribution < 1.29 is 28.3 Å². The molecule has 0 amide bonds. The normalized spacial score (nSPS) is 19.4. The van der Waals surface area contributed by atoms with Gasteiger partial charge in [0.2, 0.25) is 0 Å². The van der Waals surface area contributed by atoms with Crippen LogP contribution in [-0.4, -0.2) is 14.9 Å². The Bertz CT molecular complexity index is 208. The van der Waals surface area contributed by atoms with Crippen molar-refractivity contribution in [2.24, 2.45) is 0 Å². The van der Waals surface area contributed by atoms with E-state index in [-0.39, 0.29) is 0 Å². The Morgan fingerprint density at radius 2 is 2.10 bits per heavy atom. The Balaban J connectivity index is 4.29. The zero-order valence-corrected chi connectivity index (χ0v) is 6.62. The summed E-state index contributed by atoms with van der Waals surface area (Å²) >= 11 is 0. The molecule has 0 aliphatic rings. The fraction of sp³-hybridized carbons (Fsp3) is 0. The van der Waals surface area contributed by atoms with Gasteiger partial charge >= 0.3 is 15.9 Å². The molecule has 10 heavy (non-hydrogen) atoms. The first-order valence-electron chi connectivity index (χ1n) is 2.00. The fourth-order valence-corrected chi connectivity index (χ4v) is 1.43. The zero-order chi connectivity index (χ0) is 8.36. The van der Waals surface area contributed by atoms with Gasteiger partial charge in [-0.25, -0.2) is 4.31 Å². The van der Waals surface area contributed by atoms with Crippen molar-refractivity contribution in [1.82, 2.24) is 0 Å². The molecule has 0 radical (unpaired) electrons. The topological polar surface area (TPSA) is 104 Å². The van der Waals surface area contributed by atoms with Gasteiger partial charge in [0.15, 0.2) is 5.50 Å². The molecule has 6 nitrogen and oxygen atoms in total. The highest BCUT2D eigenvalue weighted by Gasteiger charge is 2.25. The van der Waals surface area contributed by atoms with E-state index in [1.165, 1.54) is 0 Å². The highest BCUT2D eigenvalue weighted by Crippen LogP contribution is 2.54. The predicted octanol–water partition coefficient (Wildman–Crippen LogP) is 0.600. The second kappa shape index (κ2) is 3.32. The smallest absolute Gasteiger partial charge is 0.399 e. The van der Waals surface area contributed by atoms with Crippen LogP contribution in [0.4, 0.5) is 0 Å². The Kier molecular flexibility index (Phi) is 3.28. The van der Waals surface area contributed by atoms with Gasteiger partial charge in [-0.1, -0.05) is 0 Å². The van der Waals surface area contributed by atoms with E-state index in [1.807, 2.05) is 0 Å². The van der Waals surface area contributed by atoms with Gasteiger partial charge in [-0.2, -0.15) is 0 Å². The summed E-state index contributed by atoms with van der Waals surface area (Å²) in [6.07, 6.45) is 0. The molecule has 0 fully saturated rings. The molecule has 0 bridgehead atoms. The Morgan fingerprint density at radius 1 is 1.70 bits per heavy atom. The van der Waals surface area contributed by atoms with Crippen LogP contribution in [0.1, 0.15) is 0 Å². The largest absolute Gasteiger partial charge is 0.502 e. The molecule has 60 valence electrons. The van der Waals surface area contributed by atoms with Gasteiger partial charge in [0.25, 0.3) is 0 Å². The lowest BCUT2D eigenvalue weighted by atomic mass is 11.2. The number of aliphatic hydroxyl groups is 1. The summed E-state index contributed by atoms with van der Waals surface area (Å²) in [6, 6.07) is 0. The summed E-state index contributed by atoms with van der Waals surface area (Å²) in [7, 11) is -8.00. The second-order valence-electron chi connectivity index (χ2n) is 1.29. The van der Waals surface area contributed by atoms with E-state index < -0.39 is 21.4 Å². The molecule has 2 atom stereocenters. The quantitative estimate of drug-likeness (QED) is 0.442. The molecule has 0 rings (SSSR count). The van der Waals surface area contributed by atoms with Crippen molar-refractivity contribution in [2.75, 3.05) is 0 Å². The summed E-state index contributed by atoms with van der Waals surface area (Å²) < 4.78 is 23.7. The summed E-state index contributed by atoms with van der Waals surface area (Å²) in [5, 5.41) is 8.26. The number of hydrogen-bond acceptors (Lipinski definition) is 4. The molecule has 2 unspecified atom stereocenters. The molecule has 0 aromatic carbocycles. The highest BCUT2D eigenvalue weighted by molar-refractivity contribution is 7.62. The van der Waals surface area contributed by atoms with Gasteiger partial charge in [0.1, 0.15) is 0 Å². The molecular weight excluding hydrogens is 182 g/mol. The molecule has 8 heteroatoms. The summed E-state index contributed by atoms with van der Waals surface area (Å²) in [5.74, 6) is 0. The first-order chi connectivity index (χ1) is 4.36. The Hall–Kier alpha value is -0.120. The van der Waals surface area contributed by atoms with Crippen LogP contribution in [0.3, 0.4) is 0 Å². The van der Waals surface area contributed by atoms with E-state index in [0.717, 1.165) is 0 Å². The standard InChI is InChI=1S/C2H6O6P2/c1-2(3)10(6,7)8-9(4)5/h3,9H,1H2,(H,4,5)(H,6,7). The van der Waals surface area contributed by atoms with Crippen LogP contribution in [0.25, 0.3) is 0 Å². The molecule has 0 aromatic rings. The number of aliphatic hydroxyl groups excluding tert-OH is 1. The molecule has 0 aromatic heterocycles. The summed E-state index contributed by atoms with van der Waals surface area (Å²) in [6.45, 7) is 2.66. The van der Waals surface area contributed by atoms with Crippen molar-refractivity contribution in [3.05, 3.63) is 12.1 Å². The van der Waals surface area contributed by atoms with Gasteiger partial charge < -0.3 is 14.9 Å². The molecule has 0 aliphatic heterocycles. The van der Waals surface area contributed by atoms with Crippen LogP contribution in [0, 0.1) is 0 Å². The maximum absolute atomic E-state index is 10.4. The van der Waals surface area contributed by atoms with Crippen LogP contribution in [0.5, 0.6) is 0 Å². The third-order valence-electron chi connectivity index (χ3n) is 0.528. The first-order valence-corrected chi connectivity index (χ1v) is 4.84.